The fourth-order valence-corrected chi connectivity index (χ4v) is 16.8. The number of aromatic nitrogens is 21. The fraction of sp³-hybridized carbons (Fsp3) is 0.374. The van der Waals surface area contributed by atoms with E-state index in [-0.39, 0.29) is 11.9 Å². The summed E-state index contributed by atoms with van der Waals surface area (Å²) in [6.07, 6.45) is 14.2. The lowest BCUT2D eigenvalue weighted by Gasteiger charge is -2.27. The molecule has 0 atom stereocenters. The molecule has 5 aromatic carbocycles. The molecule has 0 aliphatic carbocycles. The fourth-order valence-electron chi connectivity index (χ4n) is 16.8. The summed E-state index contributed by atoms with van der Waals surface area (Å²) in [7, 11) is 0. The molecular weight excluding hydrogens is 1850 g/mol. The molecule has 1 aliphatic heterocycles. The molecule has 40 nitrogen and oxygen atoms in total. The zero-order chi connectivity index (χ0) is 106. The molecule has 0 bridgehead atoms. The molecule has 1 fully saturated rings. The molecule has 770 valence electrons. The Balaban J connectivity index is 0.000000155. The summed E-state index contributed by atoms with van der Waals surface area (Å²) in [6.45, 7) is 48.7. The van der Waals surface area contributed by atoms with Crippen LogP contribution in [0.3, 0.4) is 0 Å². The lowest BCUT2D eigenvalue weighted by Crippen LogP contribution is -2.42. The number of guanidine groups is 1. The van der Waals surface area contributed by atoms with Crippen molar-refractivity contribution in [2.75, 3.05) is 74.5 Å². The summed E-state index contributed by atoms with van der Waals surface area (Å²) in [4.78, 5) is 87.9. The molecule has 0 spiro atoms. The van der Waals surface area contributed by atoms with E-state index in [1.807, 2.05) is 184 Å². The van der Waals surface area contributed by atoms with Crippen molar-refractivity contribution in [1.29, 1.82) is 0 Å². The minimum atomic E-state index is -0.594. The van der Waals surface area contributed by atoms with Crippen LogP contribution in [0, 0.1) is 34.6 Å². The topological polar surface area (TPSA) is 585 Å². The summed E-state index contributed by atoms with van der Waals surface area (Å²) in [5.74, 6) is 3.37. The Kier molecular flexibility index (Phi) is 33.4. The van der Waals surface area contributed by atoms with E-state index in [0.29, 0.717) is 131 Å². The van der Waals surface area contributed by atoms with Crippen LogP contribution in [0.25, 0.3) is 88.9 Å². The molecule has 1 saturated heterocycles. The molecule has 0 unspecified atom stereocenters. The van der Waals surface area contributed by atoms with Crippen molar-refractivity contribution in [1.82, 2.24) is 125 Å². The van der Waals surface area contributed by atoms with Crippen LogP contribution in [-0.2, 0) is 51.8 Å². The van der Waals surface area contributed by atoms with E-state index in [4.69, 9.17) is 81.8 Å². The minimum absolute atomic E-state index is 0.0451. The first-order valence-electron chi connectivity index (χ1n) is 48.8. The Morgan fingerprint density at radius 1 is 0.408 bits per heavy atom. The highest BCUT2D eigenvalue weighted by Gasteiger charge is 2.35. The molecule has 147 heavy (non-hydrogen) atoms. The Bertz CT molecular complexity index is 7460. The Hall–Kier alpha value is -16.6. The number of ether oxygens (including phenoxy) is 1. The number of amidine groups is 2. The number of fused-ring (bicyclic) bond motifs is 5. The highest BCUT2D eigenvalue weighted by Crippen LogP contribution is 2.39. The number of alkyl carbamates (subject to hydrolysis) is 1. The summed E-state index contributed by atoms with van der Waals surface area (Å²) >= 11 is 0. The van der Waals surface area contributed by atoms with Gasteiger partial charge in [0.25, 0.3) is 5.91 Å². The zero-order valence-corrected chi connectivity index (χ0v) is 87.9. The minimum Gasteiger partial charge on any atom is -0.444 e. The van der Waals surface area contributed by atoms with Gasteiger partial charge in [-0.3, -0.25) is 35.0 Å². The average molecular weight is 1990 g/mol. The number of amides is 2. The summed E-state index contributed by atoms with van der Waals surface area (Å²) in [6, 6.07) is 44.9. The number of nitrogens with zero attached hydrogens (tertiary/aromatic N) is 25. The Morgan fingerprint density at radius 3 is 1.15 bits per heavy atom. The van der Waals surface area contributed by atoms with Gasteiger partial charge < -0.3 is 67.0 Å². The van der Waals surface area contributed by atoms with Gasteiger partial charge in [0.2, 0.25) is 0 Å². The average Bonchev–Trinajstić information content (AvgIpc) is 1.62. The molecular formula is C107H139N37O3. The number of aryl methyl sites for hydroxylation is 5. The molecule has 16 aromatic rings. The molecule has 40 heteroatoms. The second-order valence-corrected chi connectivity index (χ2v) is 41.2. The van der Waals surface area contributed by atoms with Crippen LogP contribution in [0.4, 0.5) is 33.9 Å². The van der Waals surface area contributed by atoms with Crippen LogP contribution in [0.15, 0.2) is 199 Å². The lowest BCUT2D eigenvalue weighted by atomic mass is 10.1. The van der Waals surface area contributed by atoms with Crippen LogP contribution in [-0.4, -0.2) is 190 Å². The number of carbonyl (C=O) groups is 2. The second-order valence-electron chi connectivity index (χ2n) is 41.2. The molecule has 11 aromatic heterocycles. The van der Waals surface area contributed by atoms with Crippen molar-refractivity contribution in [2.24, 2.45) is 37.9 Å². The first kappa shape index (κ1) is 108. The third kappa shape index (κ3) is 26.7. The van der Waals surface area contributed by atoms with Gasteiger partial charge in [-0.15, -0.1) is 0 Å². The number of likely N-dealkylation sites (tertiary alicyclic amines) is 1. The predicted octanol–water partition coefficient (Wildman–Crippen LogP) is 14.3. The molecule has 1 aliphatic rings. The molecule has 17 rings (SSSR count). The van der Waals surface area contributed by atoms with Gasteiger partial charge in [-0.2, -0.15) is 25.5 Å². The number of nitrogen functional groups attached to an aromatic ring is 5. The molecule has 21 N–H and O–H groups in total. The Labute approximate surface area is 856 Å². The zero-order valence-electron chi connectivity index (χ0n) is 87.9. The van der Waals surface area contributed by atoms with Crippen molar-refractivity contribution in [3.63, 3.8) is 0 Å². The number of anilines is 5. The highest BCUT2D eigenvalue weighted by atomic mass is 16.6. The molecule has 2 amide bonds. The van der Waals surface area contributed by atoms with Gasteiger partial charge in [0.05, 0.1) is 97.3 Å². The third-order valence-corrected chi connectivity index (χ3v) is 24.7. The highest BCUT2D eigenvalue weighted by molar-refractivity contribution is 6.01. The van der Waals surface area contributed by atoms with Crippen LogP contribution in [0.1, 0.15) is 196 Å². The smallest absolute Gasteiger partial charge is 0.413 e. The van der Waals surface area contributed by atoms with Crippen molar-refractivity contribution in [3.8, 4) is 33.8 Å². The molecule has 0 radical (unpaired) electrons. The van der Waals surface area contributed by atoms with Crippen molar-refractivity contribution in [2.45, 2.75) is 217 Å². The lowest BCUT2D eigenvalue weighted by molar-refractivity contribution is 0.0541. The number of rotatable bonds is 28. The quantitative estimate of drug-likeness (QED) is 0.0160. The van der Waals surface area contributed by atoms with Gasteiger partial charge in [0.1, 0.15) is 94.9 Å². The predicted molar refractivity (Wildman–Crippen MR) is 586 cm³/mol. The van der Waals surface area contributed by atoms with Gasteiger partial charge in [-0.05, 0) is 186 Å². The number of aliphatic imine (C=N–C) groups is 3. The van der Waals surface area contributed by atoms with Crippen molar-refractivity contribution in [3.05, 3.63) is 245 Å². The van der Waals surface area contributed by atoms with E-state index < -0.39 is 39.4 Å². The first-order chi connectivity index (χ1) is 69.6. The summed E-state index contributed by atoms with van der Waals surface area (Å²) in [5.41, 5.74) is 70.4. The van der Waals surface area contributed by atoms with Gasteiger partial charge in [0, 0.05) is 61.8 Å². The SMILES string of the molecule is C=C(NCC(C)(C)n1nc(Cc2cccc(C)c2)c2c(N)ncnc21)NC(=O)OC(C)(C)C.CC(N)=NCC(C)(C)n1nc(-c2ccc(C)cc2)c2c(N)ncnc21.CCC(N)=NCC(C)(C)n1nc(-c2ccc(C)cc2)c2c(N)ncnc21.Cc1ccc(-c2nn(C(C)(C)CNC(=O)c3cc(CN4CCCCC4)ccn3)c3ncnc(N)c23)cc1.Cc1cccc(Cc2nn(C(C)(C)CN=C(N)N)c3ncnc(N)c23)c1. The van der Waals surface area contributed by atoms with Crippen molar-refractivity contribution < 1.29 is 14.3 Å². The van der Waals surface area contributed by atoms with E-state index in [0.717, 1.165) is 115 Å². The number of piperidine rings is 1. The van der Waals surface area contributed by atoms with Gasteiger partial charge in [0.15, 0.2) is 34.2 Å². The maximum absolute atomic E-state index is 13.1. The summed E-state index contributed by atoms with van der Waals surface area (Å²) < 4.78 is 14.5. The van der Waals surface area contributed by atoms with Crippen LogP contribution in [0.2, 0.25) is 0 Å². The van der Waals surface area contributed by atoms with Crippen LogP contribution >= 0.6 is 0 Å². The second kappa shape index (κ2) is 45.6. The number of pyridine rings is 1. The number of hydrogen-bond donors (Lipinski definition) is 12. The van der Waals surface area contributed by atoms with Crippen LogP contribution < -0.4 is 67.6 Å². The van der Waals surface area contributed by atoms with Crippen molar-refractivity contribution >= 4 is 114 Å². The van der Waals surface area contributed by atoms with E-state index in [2.05, 4.69) is 180 Å². The first-order valence-corrected chi connectivity index (χ1v) is 48.8. The van der Waals surface area contributed by atoms with E-state index in [1.165, 1.54) is 73.2 Å². The number of hydrogen-bond acceptors (Lipinski definition) is 29. The molecule has 12 heterocycles. The van der Waals surface area contributed by atoms with Gasteiger partial charge in [-0.1, -0.05) is 169 Å². The van der Waals surface area contributed by atoms with Crippen LogP contribution in [0.5, 0.6) is 0 Å². The third-order valence-electron chi connectivity index (χ3n) is 24.7. The number of carbonyl (C=O) groups excluding carboxylic acids is 2. The number of nitrogens with one attached hydrogen (secondary N) is 3. The number of nitrogens with two attached hydrogens (primary N) is 9. The standard InChI is InChI=1S/C28H34N8O.C24H33N7O2.C19H25N7.C18H24N8.C18H23N7/c1-19-7-9-21(10-8-19)24-23-25(29)32-18-33-26(23)36(34-24)28(2,3)17-31-27(37)22-15-20(11-12-30-22)16-35-13-5-4-6-14-35;1-15-9-8-10-17(11-15)12-18-19-20(25)27-14-28-21(19)31(30-18)24(6,7)13-26-16(2)29-22(32)33-23(3,4)5;1-5-14(20)22-10-19(3,4)26-18-15(17(21)23-11-24-18)16(25-26)13-8-6-12(2)7-9-13;1-11-5-4-6-12(7-11)8-13-14-15(19)23-10-24-16(14)26(25-13)18(2,3)9-22-17(20)21;1-11-5-7-13(8-6-11)15-14-16(20)22-10-23-17(14)25(24-15)18(3,4)9-21-12(2)19/h7-12,15,18H,4-6,13-14,16-17H2,1-3H3,(H,31,37)(H2,29,32,33);8-11,14,26H,2,12-13H2,1,3-7H3,(H,29,32)(H2,25,27,28);6-9,11H,5,10H2,1-4H3,(H2,20,22)(H2,21,23,24);4-7,10H,8-9H2,1-3H3,(H2,19,23,24)(H4,20,21,22);5-8,10H,9H2,1-4H3,(H2,19,21)(H2,20,22,23). The normalized spacial score (nSPS) is 12.8. The van der Waals surface area contributed by atoms with E-state index >= 15 is 0 Å². The van der Waals surface area contributed by atoms with E-state index in [1.54, 1.807) is 33.9 Å². The monoisotopic (exact) mass is 1990 g/mol. The Morgan fingerprint density at radius 2 is 0.769 bits per heavy atom. The maximum Gasteiger partial charge on any atom is 0.413 e. The van der Waals surface area contributed by atoms with Gasteiger partial charge >= 0.3 is 6.09 Å². The number of benzene rings is 5. The summed E-state index contributed by atoms with van der Waals surface area (Å²) in [5, 5.41) is 36.8. The van der Waals surface area contributed by atoms with E-state index in [9.17, 15) is 9.59 Å². The largest absolute Gasteiger partial charge is 0.444 e. The molecule has 0 saturated carbocycles. The van der Waals surface area contributed by atoms with Gasteiger partial charge in [-0.25, -0.2) is 78.0 Å². The maximum atomic E-state index is 13.1.